The number of aromatic nitrogens is 1. The third-order valence-corrected chi connectivity index (χ3v) is 3.24. The number of nitrogens with zero attached hydrogens (tertiary/aromatic N) is 2. The molecule has 0 aliphatic heterocycles. The predicted molar refractivity (Wildman–Crippen MR) is 67.9 cm³/mol. The van der Waals surface area contributed by atoms with Crippen molar-refractivity contribution in [3.8, 4) is 11.8 Å². The third kappa shape index (κ3) is 2.69. The van der Waals surface area contributed by atoms with Gasteiger partial charge in [-0.1, -0.05) is 11.8 Å². The molecular formula is C14H16N2O2. The number of carbonyl (C=O) groups excluding carboxylic acids is 1. The zero-order valence-corrected chi connectivity index (χ0v) is 10.4. The number of amides is 1. The average molecular weight is 244 g/mol. The van der Waals surface area contributed by atoms with E-state index in [2.05, 4.69) is 16.8 Å². The minimum Gasteiger partial charge on any atom is -0.384 e. The van der Waals surface area contributed by atoms with Gasteiger partial charge in [0.15, 0.2) is 0 Å². The summed E-state index contributed by atoms with van der Waals surface area (Å²) in [5.41, 5.74) is 1.14. The van der Waals surface area contributed by atoms with Crippen LogP contribution in [0.2, 0.25) is 0 Å². The van der Waals surface area contributed by atoms with Gasteiger partial charge in [-0.2, -0.15) is 0 Å². The summed E-state index contributed by atoms with van der Waals surface area (Å²) in [6, 6.07) is 3.80. The molecule has 1 N–H and O–H groups in total. The summed E-state index contributed by atoms with van der Waals surface area (Å²) in [5.74, 6) is 5.25. The summed E-state index contributed by atoms with van der Waals surface area (Å²) < 4.78 is 0. The molecule has 0 radical (unpaired) electrons. The second-order valence-electron chi connectivity index (χ2n) is 4.39. The summed E-state index contributed by atoms with van der Waals surface area (Å²) in [6.45, 7) is -0.175. The van der Waals surface area contributed by atoms with Crippen molar-refractivity contribution in [1.82, 2.24) is 9.88 Å². The van der Waals surface area contributed by atoms with Gasteiger partial charge in [0.1, 0.15) is 12.3 Å². The van der Waals surface area contributed by atoms with Gasteiger partial charge in [-0.3, -0.25) is 4.79 Å². The molecule has 0 spiro atoms. The van der Waals surface area contributed by atoms with Crippen molar-refractivity contribution in [2.75, 3.05) is 13.7 Å². The van der Waals surface area contributed by atoms with Crippen LogP contribution in [0.25, 0.3) is 0 Å². The maximum Gasteiger partial charge on any atom is 0.272 e. The Kier molecular flexibility index (Phi) is 3.96. The maximum absolute atomic E-state index is 12.1. The van der Waals surface area contributed by atoms with Crippen molar-refractivity contribution in [1.29, 1.82) is 0 Å². The summed E-state index contributed by atoms with van der Waals surface area (Å²) in [7, 11) is 1.83. The Hall–Kier alpha value is -1.86. The lowest BCUT2D eigenvalue weighted by atomic mass is 9.92. The highest BCUT2D eigenvalue weighted by Crippen LogP contribution is 2.24. The number of carbonyl (C=O) groups is 1. The van der Waals surface area contributed by atoms with Gasteiger partial charge >= 0.3 is 0 Å². The molecule has 18 heavy (non-hydrogen) atoms. The van der Waals surface area contributed by atoms with Crippen LogP contribution in [0.3, 0.4) is 0 Å². The van der Waals surface area contributed by atoms with Crippen molar-refractivity contribution in [2.24, 2.45) is 0 Å². The van der Waals surface area contributed by atoms with Crippen LogP contribution < -0.4 is 0 Å². The summed E-state index contributed by atoms with van der Waals surface area (Å²) in [5, 5.41) is 8.58. The minimum atomic E-state index is -0.175. The first-order valence-corrected chi connectivity index (χ1v) is 6.05. The van der Waals surface area contributed by atoms with Gasteiger partial charge in [0.2, 0.25) is 0 Å². The van der Waals surface area contributed by atoms with Crippen LogP contribution in [-0.2, 0) is 0 Å². The van der Waals surface area contributed by atoms with Gasteiger partial charge in [0.05, 0.1) is 0 Å². The van der Waals surface area contributed by atoms with Crippen LogP contribution in [0, 0.1) is 11.8 Å². The Morgan fingerprint density at radius 3 is 2.83 bits per heavy atom. The quantitative estimate of drug-likeness (QED) is 0.791. The first-order chi connectivity index (χ1) is 8.72. The molecule has 4 nitrogen and oxygen atoms in total. The Labute approximate surface area is 107 Å². The van der Waals surface area contributed by atoms with Gasteiger partial charge in [-0.25, -0.2) is 4.98 Å². The van der Waals surface area contributed by atoms with E-state index in [-0.39, 0.29) is 12.5 Å². The second-order valence-corrected chi connectivity index (χ2v) is 4.39. The van der Waals surface area contributed by atoms with E-state index in [0.717, 1.165) is 12.8 Å². The first kappa shape index (κ1) is 12.6. The zero-order valence-electron chi connectivity index (χ0n) is 10.4. The van der Waals surface area contributed by atoms with Crippen molar-refractivity contribution >= 4 is 5.91 Å². The molecule has 1 aromatic heterocycles. The smallest absolute Gasteiger partial charge is 0.272 e. The van der Waals surface area contributed by atoms with Crippen LogP contribution >= 0.6 is 0 Å². The highest BCUT2D eigenvalue weighted by atomic mass is 16.2. The van der Waals surface area contributed by atoms with Crippen molar-refractivity contribution < 1.29 is 9.90 Å². The van der Waals surface area contributed by atoms with E-state index in [0.29, 0.717) is 17.3 Å². The molecule has 0 bridgehead atoms. The SMILES string of the molecule is CN(C(=O)c1ccc(C#CCO)cn1)C1CCC1. The molecule has 4 heteroatoms. The van der Waals surface area contributed by atoms with Crippen LogP contribution in [0.4, 0.5) is 0 Å². The number of pyridine rings is 1. The minimum absolute atomic E-state index is 0.0404. The molecule has 0 aromatic carbocycles. The molecule has 0 unspecified atom stereocenters. The van der Waals surface area contributed by atoms with Crippen molar-refractivity contribution in [2.45, 2.75) is 25.3 Å². The molecule has 2 rings (SSSR count). The third-order valence-electron chi connectivity index (χ3n) is 3.24. The van der Waals surface area contributed by atoms with Crippen LogP contribution in [0.15, 0.2) is 18.3 Å². The molecular weight excluding hydrogens is 228 g/mol. The van der Waals surface area contributed by atoms with Crippen LogP contribution in [0.1, 0.15) is 35.3 Å². The van der Waals surface area contributed by atoms with Gasteiger partial charge < -0.3 is 10.0 Å². The molecule has 1 aliphatic carbocycles. The van der Waals surface area contributed by atoms with Gasteiger partial charge in [0, 0.05) is 24.8 Å². The molecule has 1 amide bonds. The van der Waals surface area contributed by atoms with Gasteiger partial charge in [0.25, 0.3) is 5.91 Å². The standard InChI is InChI=1S/C14H16N2O2/c1-16(12-5-2-6-12)14(18)13-8-7-11(10-15-13)4-3-9-17/h7-8,10,12,17H,2,5-6,9H2,1H3. The molecule has 0 atom stereocenters. The lowest BCUT2D eigenvalue weighted by Crippen LogP contribution is -2.41. The lowest BCUT2D eigenvalue weighted by Gasteiger charge is -2.34. The highest BCUT2D eigenvalue weighted by molar-refractivity contribution is 5.92. The molecule has 94 valence electrons. The molecule has 1 heterocycles. The number of aliphatic hydroxyl groups excluding tert-OH is 1. The second kappa shape index (κ2) is 5.65. The number of aliphatic hydroxyl groups is 1. The Balaban J connectivity index is 2.06. The summed E-state index contributed by atoms with van der Waals surface area (Å²) in [6.07, 6.45) is 4.93. The van der Waals surface area contributed by atoms with E-state index in [1.54, 1.807) is 23.2 Å². The predicted octanol–water partition coefficient (Wildman–Crippen LogP) is 1.05. The average Bonchev–Trinajstić information content (AvgIpc) is 2.34. The number of hydrogen-bond acceptors (Lipinski definition) is 3. The Bertz CT molecular complexity index is 481. The molecule has 0 saturated heterocycles. The van der Waals surface area contributed by atoms with Gasteiger partial charge in [-0.05, 0) is 31.4 Å². The fourth-order valence-electron chi connectivity index (χ4n) is 1.86. The zero-order chi connectivity index (χ0) is 13.0. The van der Waals surface area contributed by atoms with E-state index < -0.39 is 0 Å². The van der Waals surface area contributed by atoms with E-state index in [1.165, 1.54) is 6.42 Å². The van der Waals surface area contributed by atoms with E-state index in [9.17, 15) is 4.79 Å². The van der Waals surface area contributed by atoms with Crippen LogP contribution in [-0.4, -0.2) is 40.6 Å². The maximum atomic E-state index is 12.1. The summed E-state index contributed by atoms with van der Waals surface area (Å²) in [4.78, 5) is 18.0. The Morgan fingerprint density at radius 2 is 2.33 bits per heavy atom. The van der Waals surface area contributed by atoms with Gasteiger partial charge in [-0.15, -0.1) is 0 Å². The van der Waals surface area contributed by atoms with E-state index in [4.69, 9.17) is 5.11 Å². The molecule has 1 aromatic rings. The number of hydrogen-bond donors (Lipinski definition) is 1. The topological polar surface area (TPSA) is 53.4 Å². The fraction of sp³-hybridized carbons (Fsp3) is 0.429. The normalized spacial score (nSPS) is 14.3. The van der Waals surface area contributed by atoms with E-state index >= 15 is 0 Å². The fourth-order valence-corrected chi connectivity index (χ4v) is 1.86. The summed E-state index contributed by atoms with van der Waals surface area (Å²) >= 11 is 0. The largest absolute Gasteiger partial charge is 0.384 e. The van der Waals surface area contributed by atoms with Crippen LogP contribution in [0.5, 0.6) is 0 Å². The molecule has 1 aliphatic rings. The van der Waals surface area contributed by atoms with E-state index in [1.807, 2.05) is 7.05 Å². The Morgan fingerprint density at radius 1 is 1.56 bits per heavy atom. The monoisotopic (exact) mass is 244 g/mol. The highest BCUT2D eigenvalue weighted by Gasteiger charge is 2.26. The lowest BCUT2D eigenvalue weighted by molar-refractivity contribution is 0.0646. The number of rotatable bonds is 2. The molecule has 1 fully saturated rings. The first-order valence-electron chi connectivity index (χ1n) is 6.05. The molecule has 1 saturated carbocycles. The van der Waals surface area contributed by atoms with Crippen molar-refractivity contribution in [3.63, 3.8) is 0 Å². The van der Waals surface area contributed by atoms with Crippen molar-refractivity contribution in [3.05, 3.63) is 29.6 Å².